The van der Waals surface area contributed by atoms with Gasteiger partial charge in [0.25, 0.3) is 5.91 Å². The van der Waals surface area contributed by atoms with Gasteiger partial charge in [0.15, 0.2) is 0 Å². The van der Waals surface area contributed by atoms with E-state index in [4.69, 9.17) is 16.0 Å². The summed E-state index contributed by atoms with van der Waals surface area (Å²) in [5.41, 5.74) is 0.483. The Bertz CT molecular complexity index is 772. The summed E-state index contributed by atoms with van der Waals surface area (Å²) in [6.45, 7) is 3.28. The molecule has 3 rings (SSSR count). The minimum absolute atomic E-state index is 0.0503. The fourth-order valence-corrected chi connectivity index (χ4v) is 3.30. The van der Waals surface area contributed by atoms with Crippen LogP contribution in [0, 0.1) is 12.8 Å². The molecular formula is C19H21ClN2O3. The van der Waals surface area contributed by atoms with E-state index in [2.05, 4.69) is 5.32 Å². The van der Waals surface area contributed by atoms with Gasteiger partial charge in [-0.2, -0.15) is 0 Å². The predicted molar refractivity (Wildman–Crippen MR) is 95.4 cm³/mol. The maximum atomic E-state index is 12.7. The minimum atomic E-state index is -0.212. The molecule has 1 aliphatic heterocycles. The number of hydrogen-bond donors (Lipinski definition) is 1. The van der Waals surface area contributed by atoms with Crippen LogP contribution >= 0.6 is 11.6 Å². The highest BCUT2D eigenvalue weighted by Gasteiger charge is 2.29. The normalized spacial score (nSPS) is 17.4. The Morgan fingerprint density at radius 1 is 1.28 bits per heavy atom. The molecular weight excluding hydrogens is 340 g/mol. The van der Waals surface area contributed by atoms with Crippen molar-refractivity contribution in [2.75, 3.05) is 13.1 Å². The van der Waals surface area contributed by atoms with Crippen molar-refractivity contribution in [2.45, 2.75) is 26.3 Å². The number of amides is 2. The second-order valence-corrected chi connectivity index (χ2v) is 6.71. The van der Waals surface area contributed by atoms with Crippen LogP contribution in [-0.2, 0) is 11.3 Å². The van der Waals surface area contributed by atoms with E-state index >= 15 is 0 Å². The van der Waals surface area contributed by atoms with Crippen LogP contribution in [0.1, 0.15) is 34.7 Å². The molecule has 0 bridgehead atoms. The van der Waals surface area contributed by atoms with Gasteiger partial charge in [-0.15, -0.1) is 0 Å². The summed E-state index contributed by atoms with van der Waals surface area (Å²) in [4.78, 5) is 26.8. The number of likely N-dealkylation sites (tertiary alicyclic amines) is 1. The van der Waals surface area contributed by atoms with Gasteiger partial charge in [0.05, 0.1) is 23.0 Å². The lowest BCUT2D eigenvalue weighted by molar-refractivity contribution is -0.126. The lowest BCUT2D eigenvalue weighted by atomic mass is 9.96. The molecule has 1 atom stereocenters. The summed E-state index contributed by atoms with van der Waals surface area (Å²) >= 11 is 6.12. The van der Waals surface area contributed by atoms with Crippen molar-refractivity contribution < 1.29 is 14.0 Å². The van der Waals surface area contributed by atoms with E-state index < -0.39 is 0 Å². The van der Waals surface area contributed by atoms with Gasteiger partial charge in [-0.05, 0) is 44.0 Å². The molecule has 0 saturated carbocycles. The van der Waals surface area contributed by atoms with Crippen LogP contribution in [0.3, 0.4) is 0 Å². The van der Waals surface area contributed by atoms with Crippen LogP contribution in [0.25, 0.3) is 0 Å². The molecule has 6 heteroatoms. The largest absolute Gasteiger partial charge is 0.465 e. The highest BCUT2D eigenvalue weighted by atomic mass is 35.5. The van der Waals surface area contributed by atoms with Crippen molar-refractivity contribution in [3.8, 4) is 0 Å². The Hall–Kier alpha value is -2.27. The number of halogens is 1. The third-order valence-corrected chi connectivity index (χ3v) is 4.75. The molecule has 1 aromatic heterocycles. The Balaban J connectivity index is 1.59. The first kappa shape index (κ1) is 17.5. The highest BCUT2D eigenvalue weighted by Crippen LogP contribution is 2.22. The van der Waals surface area contributed by atoms with Crippen LogP contribution in [0.5, 0.6) is 0 Å². The van der Waals surface area contributed by atoms with Crippen molar-refractivity contribution in [1.82, 2.24) is 10.2 Å². The maximum Gasteiger partial charge on any atom is 0.255 e. The van der Waals surface area contributed by atoms with Crippen LogP contribution in [0.15, 0.2) is 40.8 Å². The number of benzene rings is 1. The lowest BCUT2D eigenvalue weighted by Crippen LogP contribution is -2.45. The van der Waals surface area contributed by atoms with E-state index in [9.17, 15) is 9.59 Å². The molecule has 1 aromatic carbocycles. The van der Waals surface area contributed by atoms with E-state index in [1.165, 1.54) is 0 Å². The first-order valence-electron chi connectivity index (χ1n) is 8.41. The molecule has 132 valence electrons. The summed E-state index contributed by atoms with van der Waals surface area (Å²) in [5, 5.41) is 3.33. The number of nitrogens with one attached hydrogen (secondary N) is 1. The van der Waals surface area contributed by atoms with E-state index in [1.54, 1.807) is 29.2 Å². The minimum Gasteiger partial charge on any atom is -0.465 e. The number of nitrogens with zero attached hydrogens (tertiary/aromatic N) is 1. The van der Waals surface area contributed by atoms with E-state index in [0.717, 1.165) is 24.4 Å². The zero-order valence-corrected chi connectivity index (χ0v) is 14.9. The van der Waals surface area contributed by atoms with E-state index in [1.807, 2.05) is 19.1 Å². The smallest absolute Gasteiger partial charge is 0.255 e. The molecule has 0 spiro atoms. The quantitative estimate of drug-likeness (QED) is 0.908. The van der Waals surface area contributed by atoms with Crippen molar-refractivity contribution in [1.29, 1.82) is 0 Å². The average molecular weight is 361 g/mol. The van der Waals surface area contributed by atoms with Crippen molar-refractivity contribution >= 4 is 23.4 Å². The zero-order chi connectivity index (χ0) is 17.8. The molecule has 0 aliphatic carbocycles. The molecule has 2 aromatic rings. The summed E-state index contributed by atoms with van der Waals surface area (Å²) in [5.74, 6) is 1.16. The molecule has 0 unspecified atom stereocenters. The molecule has 25 heavy (non-hydrogen) atoms. The second-order valence-electron chi connectivity index (χ2n) is 6.30. The van der Waals surface area contributed by atoms with Gasteiger partial charge >= 0.3 is 0 Å². The Morgan fingerprint density at radius 2 is 2.08 bits per heavy atom. The summed E-state index contributed by atoms with van der Waals surface area (Å²) < 4.78 is 5.46. The van der Waals surface area contributed by atoms with E-state index in [-0.39, 0.29) is 17.7 Å². The Labute approximate surface area is 151 Å². The lowest BCUT2D eigenvalue weighted by Gasteiger charge is -2.32. The number of carbonyl (C=O) groups excluding carboxylic acids is 2. The third-order valence-electron chi connectivity index (χ3n) is 4.42. The molecule has 2 heterocycles. The number of aryl methyl sites for hydroxylation is 1. The monoisotopic (exact) mass is 360 g/mol. The SMILES string of the molecule is Cc1ccc(CNC(=O)[C@@H]2CCCN(C(=O)c3ccccc3Cl)C2)o1. The third kappa shape index (κ3) is 4.23. The maximum absolute atomic E-state index is 12.7. The molecule has 1 N–H and O–H groups in total. The summed E-state index contributed by atoms with van der Waals surface area (Å²) in [6.07, 6.45) is 1.57. The molecule has 1 aliphatic rings. The summed E-state index contributed by atoms with van der Waals surface area (Å²) in [7, 11) is 0. The first-order chi connectivity index (χ1) is 12.0. The predicted octanol–water partition coefficient (Wildman–Crippen LogP) is 3.41. The van der Waals surface area contributed by atoms with Crippen molar-refractivity contribution in [3.05, 3.63) is 58.5 Å². The number of furan rings is 1. The summed E-state index contributed by atoms with van der Waals surface area (Å²) in [6, 6.07) is 10.7. The van der Waals surface area contributed by atoms with Crippen molar-refractivity contribution in [2.24, 2.45) is 5.92 Å². The Morgan fingerprint density at radius 3 is 2.80 bits per heavy atom. The first-order valence-corrected chi connectivity index (χ1v) is 8.79. The van der Waals surface area contributed by atoms with Gasteiger partial charge < -0.3 is 14.6 Å². The standard InChI is InChI=1S/C19H21ClN2O3/c1-13-8-9-15(25-13)11-21-18(23)14-5-4-10-22(12-14)19(24)16-6-2-3-7-17(16)20/h2-3,6-9,14H,4-5,10-12H2,1H3,(H,21,23)/t14-/m1/s1. The van der Waals surface area contributed by atoms with E-state index in [0.29, 0.717) is 30.2 Å². The van der Waals surface area contributed by atoms with Crippen LogP contribution in [-0.4, -0.2) is 29.8 Å². The van der Waals surface area contributed by atoms with Gasteiger partial charge in [-0.3, -0.25) is 9.59 Å². The number of piperidine rings is 1. The number of rotatable bonds is 4. The number of hydrogen-bond acceptors (Lipinski definition) is 3. The zero-order valence-electron chi connectivity index (χ0n) is 14.1. The highest BCUT2D eigenvalue weighted by molar-refractivity contribution is 6.33. The molecule has 0 radical (unpaired) electrons. The molecule has 2 amide bonds. The van der Waals surface area contributed by atoms with Crippen LogP contribution < -0.4 is 5.32 Å². The number of carbonyl (C=O) groups is 2. The molecule has 1 fully saturated rings. The molecule has 5 nitrogen and oxygen atoms in total. The van der Waals surface area contributed by atoms with Gasteiger partial charge in [-0.1, -0.05) is 23.7 Å². The van der Waals surface area contributed by atoms with Gasteiger partial charge in [0.2, 0.25) is 5.91 Å². The average Bonchev–Trinajstić information content (AvgIpc) is 3.05. The van der Waals surface area contributed by atoms with Crippen molar-refractivity contribution in [3.63, 3.8) is 0 Å². The van der Waals surface area contributed by atoms with Gasteiger partial charge in [0, 0.05) is 13.1 Å². The van der Waals surface area contributed by atoms with Gasteiger partial charge in [0.1, 0.15) is 11.5 Å². The van der Waals surface area contributed by atoms with Gasteiger partial charge in [-0.25, -0.2) is 0 Å². The topological polar surface area (TPSA) is 62.6 Å². The molecule has 1 saturated heterocycles. The second kappa shape index (κ2) is 7.74. The van der Waals surface area contributed by atoms with Crippen LogP contribution in [0.2, 0.25) is 5.02 Å². The fourth-order valence-electron chi connectivity index (χ4n) is 3.08. The fraction of sp³-hybridized carbons (Fsp3) is 0.368. The van der Waals surface area contributed by atoms with Crippen LogP contribution in [0.4, 0.5) is 0 Å². The Kier molecular flexibility index (Phi) is 5.43.